The van der Waals surface area contributed by atoms with E-state index in [4.69, 9.17) is 4.74 Å². The van der Waals surface area contributed by atoms with Crippen molar-refractivity contribution in [1.29, 1.82) is 0 Å². The molecule has 6 nitrogen and oxygen atoms in total. The second-order valence-corrected chi connectivity index (χ2v) is 7.12. The lowest BCUT2D eigenvalue weighted by Gasteiger charge is -2.33. The smallest absolute Gasteiger partial charge is 0.271 e. The van der Waals surface area contributed by atoms with Gasteiger partial charge in [0.25, 0.3) is 5.91 Å². The highest BCUT2D eigenvalue weighted by atomic mass is 19.1. The Hall–Kier alpha value is -2.93. The van der Waals surface area contributed by atoms with Crippen LogP contribution < -0.4 is 20.0 Å². The van der Waals surface area contributed by atoms with Crippen LogP contribution >= 0.6 is 0 Å². The number of hydrogen-bond acceptors (Lipinski definition) is 4. The first-order valence-electron chi connectivity index (χ1n) is 9.89. The van der Waals surface area contributed by atoms with Gasteiger partial charge in [-0.3, -0.25) is 4.79 Å². The molecular weight excluding hydrogens is 371 g/mol. The fourth-order valence-corrected chi connectivity index (χ4v) is 3.41. The van der Waals surface area contributed by atoms with E-state index in [2.05, 4.69) is 22.4 Å². The highest BCUT2D eigenvalue weighted by molar-refractivity contribution is 6.01. The summed E-state index contributed by atoms with van der Waals surface area (Å²) in [6, 6.07) is 11.9. The van der Waals surface area contributed by atoms with Gasteiger partial charge in [0.2, 0.25) is 0 Å². The third-order valence-electron chi connectivity index (χ3n) is 5.35. The molecular formula is C22H28FN4O2+. The van der Waals surface area contributed by atoms with Crippen molar-refractivity contribution >= 4 is 17.3 Å². The number of piperazine rings is 1. The number of hydrogen-bond donors (Lipinski definition) is 2. The number of carbonyl (C=O) groups excluding carboxylic acids is 1. The zero-order chi connectivity index (χ0) is 20.8. The predicted octanol–water partition coefficient (Wildman–Crippen LogP) is 1.71. The summed E-state index contributed by atoms with van der Waals surface area (Å²) in [7, 11) is 1.57. The van der Waals surface area contributed by atoms with Gasteiger partial charge in [0.1, 0.15) is 11.6 Å². The van der Waals surface area contributed by atoms with E-state index in [-0.39, 0.29) is 11.7 Å². The average Bonchev–Trinajstić information content (AvgIpc) is 2.77. The van der Waals surface area contributed by atoms with E-state index >= 15 is 0 Å². The Bertz CT molecular complexity index is 875. The Morgan fingerprint density at radius 1 is 1.17 bits per heavy atom. The number of quaternary nitrogens is 1. The number of hydrazone groups is 1. The molecule has 2 aromatic carbocycles. The quantitative estimate of drug-likeness (QED) is 0.574. The number of likely N-dealkylation sites (N-methyl/N-ethyl adjacent to an activating group) is 1. The maximum atomic E-state index is 14.7. The third kappa shape index (κ3) is 5.12. The van der Waals surface area contributed by atoms with Gasteiger partial charge in [0.05, 0.1) is 51.2 Å². The van der Waals surface area contributed by atoms with Crippen LogP contribution in [-0.4, -0.2) is 51.5 Å². The monoisotopic (exact) mass is 399 g/mol. The number of carbonyl (C=O) groups is 1. The van der Waals surface area contributed by atoms with Crippen LogP contribution in [0.5, 0.6) is 5.75 Å². The van der Waals surface area contributed by atoms with Crippen molar-refractivity contribution in [1.82, 2.24) is 5.43 Å². The third-order valence-corrected chi connectivity index (χ3v) is 5.35. The van der Waals surface area contributed by atoms with Crippen molar-refractivity contribution in [3.05, 3.63) is 59.4 Å². The number of nitrogens with zero attached hydrogens (tertiary/aromatic N) is 2. The highest BCUT2D eigenvalue weighted by Crippen LogP contribution is 2.21. The van der Waals surface area contributed by atoms with Crippen LogP contribution in [0.1, 0.15) is 29.8 Å². The number of rotatable bonds is 6. The van der Waals surface area contributed by atoms with Crippen LogP contribution in [0.25, 0.3) is 0 Å². The molecule has 1 heterocycles. The first-order valence-corrected chi connectivity index (χ1v) is 9.89. The molecule has 0 aromatic heterocycles. The van der Waals surface area contributed by atoms with Gasteiger partial charge >= 0.3 is 0 Å². The fraction of sp³-hybridized carbons (Fsp3) is 0.364. The number of anilines is 1. The van der Waals surface area contributed by atoms with E-state index in [1.54, 1.807) is 49.3 Å². The predicted molar refractivity (Wildman–Crippen MR) is 113 cm³/mol. The number of benzene rings is 2. The maximum absolute atomic E-state index is 14.7. The summed E-state index contributed by atoms with van der Waals surface area (Å²) < 4.78 is 19.8. The maximum Gasteiger partial charge on any atom is 0.271 e. The Morgan fingerprint density at radius 2 is 1.83 bits per heavy atom. The average molecular weight is 399 g/mol. The van der Waals surface area contributed by atoms with Gasteiger partial charge in [-0.25, -0.2) is 9.82 Å². The molecule has 2 aromatic rings. The number of ether oxygens (including phenoxy) is 1. The molecule has 0 bridgehead atoms. The topological polar surface area (TPSA) is 58.4 Å². The molecule has 2 N–H and O–H groups in total. The molecule has 0 unspecified atom stereocenters. The Morgan fingerprint density at radius 3 is 2.41 bits per heavy atom. The van der Waals surface area contributed by atoms with Crippen molar-refractivity contribution < 1.29 is 18.8 Å². The van der Waals surface area contributed by atoms with Crippen molar-refractivity contribution in [3.63, 3.8) is 0 Å². The van der Waals surface area contributed by atoms with Crippen molar-refractivity contribution in [2.24, 2.45) is 5.10 Å². The van der Waals surface area contributed by atoms with Gasteiger partial charge in [-0.2, -0.15) is 5.10 Å². The van der Waals surface area contributed by atoms with Crippen LogP contribution in [0.3, 0.4) is 0 Å². The standard InChI is InChI=1S/C22H27FN4O2/c1-4-26-11-13-27(14-12-26)21-10-7-18(15-20(21)23)16(2)24-25-22(28)17-5-8-19(29-3)9-6-17/h5-10,15H,4,11-14H2,1-3H3,(H,25,28)/p+1/b24-16-. The van der Waals surface area contributed by atoms with Gasteiger partial charge < -0.3 is 14.5 Å². The van der Waals surface area contributed by atoms with Crippen molar-refractivity contribution in [2.45, 2.75) is 13.8 Å². The molecule has 1 aliphatic rings. The van der Waals surface area contributed by atoms with Crippen LogP contribution in [0.4, 0.5) is 10.1 Å². The van der Waals surface area contributed by atoms with Gasteiger partial charge in [0.15, 0.2) is 0 Å². The van der Waals surface area contributed by atoms with Gasteiger partial charge in [-0.05, 0) is 50.2 Å². The van der Waals surface area contributed by atoms with Crippen LogP contribution in [0, 0.1) is 5.82 Å². The highest BCUT2D eigenvalue weighted by Gasteiger charge is 2.21. The number of methoxy groups -OCH3 is 1. The Kier molecular flexibility index (Phi) is 6.82. The van der Waals surface area contributed by atoms with E-state index in [9.17, 15) is 9.18 Å². The van der Waals surface area contributed by atoms with Crippen molar-refractivity contribution in [2.75, 3.05) is 44.7 Å². The summed E-state index contributed by atoms with van der Waals surface area (Å²) in [5.41, 5.74) is 4.79. The molecule has 0 atom stereocenters. The summed E-state index contributed by atoms with van der Waals surface area (Å²) >= 11 is 0. The lowest BCUT2D eigenvalue weighted by Crippen LogP contribution is -3.14. The SMILES string of the molecule is CC[NH+]1CCN(c2ccc(/C(C)=N\NC(=O)c3ccc(OC)cc3)cc2F)CC1. The molecule has 1 saturated heterocycles. The number of amides is 1. The largest absolute Gasteiger partial charge is 0.497 e. The normalized spacial score (nSPS) is 15.3. The molecule has 0 aliphatic carbocycles. The van der Waals surface area contributed by atoms with Crippen LogP contribution in [-0.2, 0) is 0 Å². The van der Waals surface area contributed by atoms with Gasteiger partial charge in [-0.15, -0.1) is 0 Å². The lowest BCUT2D eigenvalue weighted by molar-refractivity contribution is -0.898. The molecule has 3 rings (SSSR count). The van der Waals surface area contributed by atoms with E-state index in [1.165, 1.54) is 6.07 Å². The molecule has 0 saturated carbocycles. The summed E-state index contributed by atoms with van der Waals surface area (Å²) in [5.74, 6) is 0.0770. The van der Waals surface area contributed by atoms with E-state index in [1.807, 2.05) is 6.07 Å². The molecule has 1 fully saturated rings. The number of halogens is 1. The Balaban J connectivity index is 1.65. The molecule has 0 spiro atoms. The van der Waals surface area contributed by atoms with Gasteiger partial charge in [-0.1, -0.05) is 6.07 Å². The molecule has 1 aliphatic heterocycles. The molecule has 7 heteroatoms. The zero-order valence-corrected chi connectivity index (χ0v) is 17.2. The molecule has 29 heavy (non-hydrogen) atoms. The zero-order valence-electron chi connectivity index (χ0n) is 17.2. The molecule has 154 valence electrons. The number of nitrogens with one attached hydrogen (secondary N) is 2. The summed E-state index contributed by atoms with van der Waals surface area (Å²) in [4.78, 5) is 15.9. The first kappa shape index (κ1) is 20.8. The van der Waals surface area contributed by atoms with E-state index in [0.717, 1.165) is 32.7 Å². The fourth-order valence-electron chi connectivity index (χ4n) is 3.41. The molecule has 0 radical (unpaired) electrons. The van der Waals surface area contributed by atoms with Crippen molar-refractivity contribution in [3.8, 4) is 5.75 Å². The van der Waals surface area contributed by atoms with E-state index in [0.29, 0.717) is 28.3 Å². The minimum absolute atomic E-state index is 0.265. The second-order valence-electron chi connectivity index (χ2n) is 7.12. The summed E-state index contributed by atoms with van der Waals surface area (Å²) in [5, 5.41) is 4.12. The lowest BCUT2D eigenvalue weighted by atomic mass is 10.1. The Labute approximate surface area is 171 Å². The second kappa shape index (κ2) is 9.52. The minimum atomic E-state index is -0.333. The summed E-state index contributed by atoms with van der Waals surface area (Å²) in [6.45, 7) is 8.77. The minimum Gasteiger partial charge on any atom is -0.497 e. The van der Waals surface area contributed by atoms with Crippen LogP contribution in [0.15, 0.2) is 47.6 Å². The summed E-state index contributed by atoms with van der Waals surface area (Å²) in [6.07, 6.45) is 0. The molecule has 1 amide bonds. The first-order chi connectivity index (χ1) is 14.0. The van der Waals surface area contributed by atoms with Gasteiger partial charge in [0, 0.05) is 11.1 Å². The van der Waals surface area contributed by atoms with Crippen LogP contribution in [0.2, 0.25) is 0 Å². The van der Waals surface area contributed by atoms with E-state index < -0.39 is 0 Å².